The van der Waals surface area contributed by atoms with E-state index < -0.39 is 6.61 Å². The van der Waals surface area contributed by atoms with Gasteiger partial charge < -0.3 is 19.4 Å². The summed E-state index contributed by atoms with van der Waals surface area (Å²) in [6, 6.07) is 7.32. The van der Waals surface area contributed by atoms with Gasteiger partial charge in [0, 0.05) is 24.7 Å². The lowest BCUT2D eigenvalue weighted by molar-refractivity contribution is -0.121. The smallest absolute Gasteiger partial charge is 0.387 e. The molecular weight excluding hydrogens is 382 g/mol. The van der Waals surface area contributed by atoms with Crippen molar-refractivity contribution >= 4 is 29.1 Å². The Kier molecular flexibility index (Phi) is 5.95. The topological polar surface area (TPSA) is 71.8 Å². The number of anilines is 1. The van der Waals surface area contributed by atoms with E-state index >= 15 is 0 Å². The van der Waals surface area contributed by atoms with Crippen molar-refractivity contribution in [3.8, 4) is 5.75 Å². The molecule has 1 fully saturated rings. The maximum Gasteiger partial charge on any atom is 0.387 e. The number of piperidine rings is 1. The number of hydrogen-bond donors (Lipinski definition) is 1. The first-order valence-corrected chi connectivity index (χ1v) is 8.70. The highest BCUT2D eigenvalue weighted by atomic mass is 35.5. The summed E-state index contributed by atoms with van der Waals surface area (Å²) in [6.07, 6.45) is 2.47. The van der Waals surface area contributed by atoms with Crippen LogP contribution in [0.25, 0.3) is 0 Å². The van der Waals surface area contributed by atoms with Crippen LogP contribution in [0.4, 0.5) is 14.5 Å². The van der Waals surface area contributed by atoms with E-state index in [1.54, 1.807) is 17.0 Å². The molecule has 0 bridgehead atoms. The summed E-state index contributed by atoms with van der Waals surface area (Å²) in [5.41, 5.74) is 0.390. The van der Waals surface area contributed by atoms with Crippen LogP contribution in [0.1, 0.15) is 23.4 Å². The maximum absolute atomic E-state index is 12.4. The predicted molar refractivity (Wildman–Crippen MR) is 94.0 cm³/mol. The van der Waals surface area contributed by atoms with Gasteiger partial charge in [-0.15, -0.1) is 0 Å². The molecule has 144 valence electrons. The van der Waals surface area contributed by atoms with Crippen molar-refractivity contribution in [1.29, 1.82) is 0 Å². The van der Waals surface area contributed by atoms with E-state index in [4.69, 9.17) is 16.0 Å². The lowest BCUT2D eigenvalue weighted by Crippen LogP contribution is -2.41. The molecule has 27 heavy (non-hydrogen) atoms. The first kappa shape index (κ1) is 19.2. The van der Waals surface area contributed by atoms with Crippen LogP contribution in [0.5, 0.6) is 5.75 Å². The average molecular weight is 399 g/mol. The van der Waals surface area contributed by atoms with E-state index in [-0.39, 0.29) is 34.3 Å². The minimum atomic E-state index is -2.97. The number of rotatable bonds is 5. The Bertz CT molecular complexity index is 806. The SMILES string of the molecule is O=C(Nc1ccc(OC(F)F)c(Cl)c1)C1CCN(C(=O)c2ccco2)CC1. The molecule has 1 aromatic heterocycles. The molecule has 0 aliphatic carbocycles. The molecule has 6 nitrogen and oxygen atoms in total. The van der Waals surface area contributed by atoms with Crippen LogP contribution in [0.2, 0.25) is 5.02 Å². The Morgan fingerprint density at radius 3 is 2.59 bits per heavy atom. The first-order chi connectivity index (χ1) is 12.9. The number of ether oxygens (including phenoxy) is 1. The van der Waals surface area contributed by atoms with Gasteiger partial charge in [0.1, 0.15) is 5.75 Å². The number of hydrogen-bond acceptors (Lipinski definition) is 4. The number of halogens is 3. The van der Waals surface area contributed by atoms with Gasteiger partial charge in [-0.2, -0.15) is 8.78 Å². The Hall–Kier alpha value is -2.61. The molecule has 0 unspecified atom stereocenters. The fraction of sp³-hybridized carbons (Fsp3) is 0.333. The van der Waals surface area contributed by atoms with E-state index in [2.05, 4.69) is 10.1 Å². The summed E-state index contributed by atoms with van der Waals surface area (Å²) >= 11 is 5.88. The molecule has 1 N–H and O–H groups in total. The van der Waals surface area contributed by atoms with Crippen LogP contribution < -0.4 is 10.1 Å². The quantitative estimate of drug-likeness (QED) is 0.825. The van der Waals surface area contributed by atoms with E-state index in [0.29, 0.717) is 31.6 Å². The lowest BCUT2D eigenvalue weighted by Gasteiger charge is -2.30. The summed E-state index contributed by atoms with van der Waals surface area (Å²) < 4.78 is 33.9. The highest BCUT2D eigenvalue weighted by molar-refractivity contribution is 6.32. The van der Waals surface area contributed by atoms with Crippen LogP contribution in [0.15, 0.2) is 41.0 Å². The summed E-state index contributed by atoms with van der Waals surface area (Å²) in [5, 5.41) is 2.69. The number of nitrogens with zero attached hydrogens (tertiary/aromatic N) is 1. The zero-order chi connectivity index (χ0) is 19.4. The number of carbonyl (C=O) groups is 2. The number of furan rings is 1. The van der Waals surface area contributed by atoms with Crippen LogP contribution in [-0.2, 0) is 4.79 Å². The van der Waals surface area contributed by atoms with Crippen LogP contribution in [0.3, 0.4) is 0 Å². The Morgan fingerprint density at radius 2 is 2.00 bits per heavy atom. The third-order valence-corrected chi connectivity index (χ3v) is 4.60. The van der Waals surface area contributed by atoms with Crippen LogP contribution >= 0.6 is 11.6 Å². The number of carbonyl (C=O) groups excluding carboxylic acids is 2. The summed E-state index contributed by atoms with van der Waals surface area (Å²) in [7, 11) is 0. The number of nitrogens with one attached hydrogen (secondary N) is 1. The third-order valence-electron chi connectivity index (χ3n) is 4.30. The fourth-order valence-corrected chi connectivity index (χ4v) is 3.14. The molecule has 2 aromatic rings. The maximum atomic E-state index is 12.4. The minimum Gasteiger partial charge on any atom is -0.459 e. The van der Waals surface area contributed by atoms with Crippen molar-refractivity contribution in [2.24, 2.45) is 5.92 Å². The van der Waals surface area contributed by atoms with Crippen molar-refractivity contribution < 1.29 is 27.5 Å². The van der Waals surface area contributed by atoms with Crippen molar-refractivity contribution in [3.05, 3.63) is 47.4 Å². The highest BCUT2D eigenvalue weighted by Crippen LogP contribution is 2.29. The largest absolute Gasteiger partial charge is 0.459 e. The molecule has 1 aliphatic rings. The summed E-state index contributed by atoms with van der Waals surface area (Å²) in [5.74, 6) is -0.548. The second kappa shape index (κ2) is 8.39. The molecular formula is C18H17ClF2N2O4. The number of benzene rings is 1. The fourth-order valence-electron chi connectivity index (χ4n) is 2.92. The Morgan fingerprint density at radius 1 is 1.26 bits per heavy atom. The molecule has 2 amide bonds. The van der Waals surface area contributed by atoms with Gasteiger partial charge in [0.25, 0.3) is 5.91 Å². The molecule has 1 saturated heterocycles. The number of amides is 2. The van der Waals surface area contributed by atoms with E-state index in [1.165, 1.54) is 24.5 Å². The lowest BCUT2D eigenvalue weighted by atomic mass is 9.95. The normalized spacial score (nSPS) is 15.0. The second-order valence-electron chi connectivity index (χ2n) is 6.06. The monoisotopic (exact) mass is 398 g/mol. The average Bonchev–Trinajstić information content (AvgIpc) is 3.18. The van der Waals surface area contributed by atoms with Gasteiger partial charge in [0.05, 0.1) is 11.3 Å². The van der Waals surface area contributed by atoms with Crippen molar-refractivity contribution in [2.45, 2.75) is 19.5 Å². The minimum absolute atomic E-state index is 0.0213. The van der Waals surface area contributed by atoms with Crippen molar-refractivity contribution in [3.63, 3.8) is 0 Å². The van der Waals surface area contributed by atoms with Gasteiger partial charge in [-0.25, -0.2) is 0 Å². The number of likely N-dealkylation sites (tertiary alicyclic amines) is 1. The van der Waals surface area contributed by atoms with Gasteiger partial charge in [-0.3, -0.25) is 9.59 Å². The zero-order valence-electron chi connectivity index (χ0n) is 14.2. The third kappa shape index (κ3) is 4.77. The molecule has 2 heterocycles. The Labute approximate surface area is 159 Å². The van der Waals surface area contributed by atoms with Gasteiger partial charge in [0.2, 0.25) is 5.91 Å². The molecule has 1 aliphatic heterocycles. The highest BCUT2D eigenvalue weighted by Gasteiger charge is 2.28. The van der Waals surface area contributed by atoms with Gasteiger partial charge in [0.15, 0.2) is 5.76 Å². The van der Waals surface area contributed by atoms with Crippen LogP contribution in [0, 0.1) is 5.92 Å². The predicted octanol–water partition coefficient (Wildman–Crippen LogP) is 4.03. The second-order valence-corrected chi connectivity index (χ2v) is 6.46. The van der Waals surface area contributed by atoms with E-state index in [9.17, 15) is 18.4 Å². The van der Waals surface area contributed by atoms with Crippen molar-refractivity contribution in [2.75, 3.05) is 18.4 Å². The first-order valence-electron chi connectivity index (χ1n) is 8.32. The molecule has 1 aromatic carbocycles. The molecule has 0 saturated carbocycles. The molecule has 0 radical (unpaired) electrons. The Balaban J connectivity index is 1.54. The molecule has 0 atom stereocenters. The van der Waals surface area contributed by atoms with Crippen molar-refractivity contribution in [1.82, 2.24) is 4.90 Å². The van der Waals surface area contributed by atoms with E-state index in [1.807, 2.05) is 0 Å². The zero-order valence-corrected chi connectivity index (χ0v) is 14.9. The van der Waals surface area contributed by atoms with Gasteiger partial charge >= 0.3 is 6.61 Å². The summed E-state index contributed by atoms with van der Waals surface area (Å²) in [6.45, 7) is -2.09. The van der Waals surface area contributed by atoms with E-state index in [0.717, 1.165) is 0 Å². The van der Waals surface area contributed by atoms with Crippen LogP contribution in [-0.4, -0.2) is 36.4 Å². The standard InChI is InChI=1S/C18H17ClF2N2O4/c19-13-10-12(3-4-14(13)27-18(20)21)22-16(24)11-5-7-23(8-6-11)17(25)15-2-1-9-26-15/h1-4,9-11,18H,5-8H2,(H,22,24). The van der Waals surface area contributed by atoms with Gasteiger partial charge in [-0.1, -0.05) is 11.6 Å². The molecule has 0 spiro atoms. The summed E-state index contributed by atoms with van der Waals surface area (Å²) in [4.78, 5) is 26.3. The molecule has 9 heteroatoms. The van der Waals surface area contributed by atoms with Gasteiger partial charge in [-0.05, 0) is 43.2 Å². The number of alkyl halides is 2. The molecule has 3 rings (SSSR count).